The van der Waals surface area contributed by atoms with Crippen molar-refractivity contribution in [2.45, 2.75) is 5.41 Å². The van der Waals surface area contributed by atoms with Crippen molar-refractivity contribution in [3.05, 3.63) is 307 Å². The maximum atomic E-state index is 2.49. The van der Waals surface area contributed by atoms with Crippen LogP contribution in [0.1, 0.15) is 22.3 Å². The van der Waals surface area contributed by atoms with Gasteiger partial charge in [-0.15, -0.1) is 0 Å². The summed E-state index contributed by atoms with van der Waals surface area (Å²) in [5.74, 6) is 0. The van der Waals surface area contributed by atoms with Gasteiger partial charge >= 0.3 is 0 Å². The SMILES string of the molecule is c1ccc(-c2ccc(N(c3ccccc3)c3ccc4c(c3)C3(c5cc(N(c6ccccc6)c6cccc(-c7ccccc7)c6)ccc5-4)c4ccccc4N(c4ccccc4)c4ccccc43)cc2)cc1. The molecule has 0 unspecified atom stereocenters. The molecule has 0 atom stereocenters. The van der Waals surface area contributed by atoms with Crippen LogP contribution >= 0.6 is 0 Å². The Labute approximate surface area is 410 Å². The Bertz CT molecular complexity index is 3600. The van der Waals surface area contributed by atoms with Gasteiger partial charge in [0.25, 0.3) is 0 Å². The van der Waals surface area contributed by atoms with Crippen molar-refractivity contribution in [1.29, 1.82) is 0 Å². The van der Waals surface area contributed by atoms with Gasteiger partial charge in [0.05, 0.1) is 16.8 Å². The summed E-state index contributed by atoms with van der Waals surface area (Å²) in [6.45, 7) is 0. The fraction of sp³-hybridized carbons (Fsp3) is 0.0149. The van der Waals surface area contributed by atoms with Crippen molar-refractivity contribution in [3.8, 4) is 33.4 Å². The lowest BCUT2D eigenvalue weighted by atomic mass is 9.64. The first-order valence-electron chi connectivity index (χ1n) is 24.1. The van der Waals surface area contributed by atoms with Crippen molar-refractivity contribution in [2.24, 2.45) is 0 Å². The molecule has 2 aliphatic rings. The zero-order chi connectivity index (χ0) is 46.4. The molecule has 3 heteroatoms. The van der Waals surface area contributed by atoms with Crippen LogP contribution in [0, 0.1) is 0 Å². The third-order valence-electron chi connectivity index (χ3n) is 14.2. The zero-order valence-electron chi connectivity index (χ0n) is 38.5. The minimum Gasteiger partial charge on any atom is -0.310 e. The van der Waals surface area contributed by atoms with Gasteiger partial charge in [-0.3, -0.25) is 0 Å². The molecule has 0 bridgehead atoms. The molecule has 11 aromatic rings. The van der Waals surface area contributed by atoms with E-state index in [-0.39, 0.29) is 0 Å². The van der Waals surface area contributed by atoms with Crippen LogP contribution in [-0.2, 0) is 5.41 Å². The highest BCUT2D eigenvalue weighted by molar-refractivity contribution is 5.98. The quantitative estimate of drug-likeness (QED) is 0.143. The molecule has 330 valence electrons. The third-order valence-corrected chi connectivity index (χ3v) is 14.2. The third kappa shape index (κ3) is 6.74. The maximum absolute atomic E-state index is 2.49. The Morgan fingerprint density at radius 2 is 0.600 bits per heavy atom. The molecule has 3 nitrogen and oxygen atoms in total. The molecule has 0 fully saturated rings. The lowest BCUT2D eigenvalue weighted by Crippen LogP contribution is -2.36. The molecule has 0 aromatic heterocycles. The summed E-state index contributed by atoms with van der Waals surface area (Å²) >= 11 is 0. The van der Waals surface area contributed by atoms with E-state index in [1.165, 1.54) is 55.6 Å². The average molecular weight is 894 g/mol. The summed E-state index contributed by atoms with van der Waals surface area (Å²) < 4.78 is 0. The first-order valence-corrected chi connectivity index (χ1v) is 24.1. The van der Waals surface area contributed by atoms with Gasteiger partial charge in [0.2, 0.25) is 0 Å². The molecule has 0 radical (unpaired) electrons. The van der Waals surface area contributed by atoms with E-state index in [0.29, 0.717) is 0 Å². The van der Waals surface area contributed by atoms with Gasteiger partial charge in [-0.2, -0.15) is 0 Å². The van der Waals surface area contributed by atoms with E-state index >= 15 is 0 Å². The first-order chi connectivity index (χ1) is 34.7. The van der Waals surface area contributed by atoms with Crippen LogP contribution in [-0.4, -0.2) is 0 Å². The van der Waals surface area contributed by atoms with Crippen LogP contribution in [0.2, 0.25) is 0 Å². The summed E-state index contributed by atoms with van der Waals surface area (Å²) in [4.78, 5) is 7.28. The Kier molecular flexibility index (Phi) is 10.1. The monoisotopic (exact) mass is 893 g/mol. The van der Waals surface area contributed by atoms with Gasteiger partial charge in [0.1, 0.15) is 0 Å². The van der Waals surface area contributed by atoms with Gasteiger partial charge in [0.15, 0.2) is 0 Å². The molecule has 0 saturated heterocycles. The number of fused-ring (bicyclic) bond motifs is 9. The standard InChI is InChI=1S/C67H47N3/c1-6-21-48(22-7-1)50-37-39-55(40-38-50)68(52-26-10-3-11-27-52)57-41-43-59-60-44-42-58(69(53-28-12-4-13-29-53)56-32-20-25-51(45-56)49-23-8-2-9-24-49)47-64(60)67(63(59)46-57)61-33-16-18-35-65(61)70(54-30-14-5-15-31-54)66-36-19-17-34-62(66)67/h1-47H. The minimum absolute atomic E-state index is 0.705. The normalized spacial score (nSPS) is 12.7. The Balaban J connectivity index is 1.07. The molecule has 0 N–H and O–H groups in total. The van der Waals surface area contributed by atoms with Crippen LogP contribution in [0.5, 0.6) is 0 Å². The van der Waals surface area contributed by atoms with Gasteiger partial charge in [0, 0.05) is 39.8 Å². The molecular formula is C67H47N3. The molecule has 1 spiro atoms. The molecule has 70 heavy (non-hydrogen) atoms. The van der Waals surface area contributed by atoms with E-state index in [1.807, 2.05) is 0 Å². The summed E-state index contributed by atoms with van der Waals surface area (Å²) in [6, 6.07) is 104. The summed E-state index contributed by atoms with van der Waals surface area (Å²) in [5.41, 5.74) is 21.5. The second-order valence-electron chi connectivity index (χ2n) is 18.1. The fourth-order valence-electron chi connectivity index (χ4n) is 11.2. The van der Waals surface area contributed by atoms with Gasteiger partial charge in [-0.1, -0.05) is 188 Å². The molecule has 11 aromatic carbocycles. The highest BCUT2D eigenvalue weighted by atomic mass is 15.2. The fourth-order valence-corrected chi connectivity index (χ4v) is 11.2. The van der Waals surface area contributed by atoms with Crippen molar-refractivity contribution in [3.63, 3.8) is 0 Å². The second kappa shape index (κ2) is 17.2. The van der Waals surface area contributed by atoms with E-state index < -0.39 is 5.41 Å². The maximum Gasteiger partial charge on any atom is 0.0755 e. The van der Waals surface area contributed by atoms with Crippen LogP contribution < -0.4 is 14.7 Å². The highest BCUT2D eigenvalue weighted by Gasteiger charge is 2.52. The molecular weight excluding hydrogens is 847 g/mol. The van der Waals surface area contributed by atoms with Crippen molar-refractivity contribution in [2.75, 3.05) is 14.7 Å². The largest absolute Gasteiger partial charge is 0.310 e. The summed E-state index contributed by atoms with van der Waals surface area (Å²) in [5, 5.41) is 0. The summed E-state index contributed by atoms with van der Waals surface area (Å²) in [6.07, 6.45) is 0. The highest BCUT2D eigenvalue weighted by Crippen LogP contribution is 2.64. The molecule has 1 aliphatic carbocycles. The van der Waals surface area contributed by atoms with E-state index in [2.05, 4.69) is 300 Å². The summed E-state index contributed by atoms with van der Waals surface area (Å²) in [7, 11) is 0. The van der Waals surface area contributed by atoms with Crippen molar-refractivity contribution < 1.29 is 0 Å². The van der Waals surface area contributed by atoms with E-state index in [0.717, 1.165) is 51.2 Å². The molecule has 1 aliphatic heterocycles. The van der Waals surface area contributed by atoms with Crippen molar-refractivity contribution >= 4 is 51.2 Å². The Morgan fingerprint density at radius 1 is 0.243 bits per heavy atom. The van der Waals surface area contributed by atoms with Crippen LogP contribution in [0.25, 0.3) is 33.4 Å². The second-order valence-corrected chi connectivity index (χ2v) is 18.1. The van der Waals surface area contributed by atoms with Gasteiger partial charge < -0.3 is 14.7 Å². The molecule has 0 amide bonds. The lowest BCUT2D eigenvalue weighted by molar-refractivity contribution is 0.752. The van der Waals surface area contributed by atoms with Gasteiger partial charge in [-0.05, 0) is 153 Å². The number of rotatable bonds is 9. The zero-order valence-corrected chi connectivity index (χ0v) is 38.5. The average Bonchev–Trinajstić information content (AvgIpc) is 3.72. The number of anilines is 9. The van der Waals surface area contributed by atoms with Crippen LogP contribution in [0.15, 0.2) is 285 Å². The Morgan fingerprint density at radius 3 is 1.13 bits per heavy atom. The predicted molar refractivity (Wildman–Crippen MR) is 292 cm³/mol. The number of hydrogen-bond donors (Lipinski definition) is 0. The topological polar surface area (TPSA) is 9.72 Å². The Hall–Kier alpha value is -9.18. The number of para-hydroxylation sites is 5. The minimum atomic E-state index is -0.705. The van der Waals surface area contributed by atoms with Crippen molar-refractivity contribution in [1.82, 2.24) is 0 Å². The van der Waals surface area contributed by atoms with E-state index in [9.17, 15) is 0 Å². The first kappa shape index (κ1) is 41.0. The molecule has 13 rings (SSSR count). The number of benzene rings is 11. The smallest absolute Gasteiger partial charge is 0.0755 e. The number of nitrogens with zero attached hydrogens (tertiary/aromatic N) is 3. The molecule has 1 heterocycles. The van der Waals surface area contributed by atoms with Crippen LogP contribution in [0.3, 0.4) is 0 Å². The van der Waals surface area contributed by atoms with E-state index in [1.54, 1.807) is 0 Å². The molecule has 0 saturated carbocycles. The number of hydrogen-bond acceptors (Lipinski definition) is 3. The van der Waals surface area contributed by atoms with Gasteiger partial charge in [-0.25, -0.2) is 0 Å². The van der Waals surface area contributed by atoms with Crippen LogP contribution in [0.4, 0.5) is 51.2 Å². The van der Waals surface area contributed by atoms with E-state index in [4.69, 9.17) is 0 Å². The predicted octanol–water partition coefficient (Wildman–Crippen LogP) is 18.1. The lowest BCUT2D eigenvalue weighted by Gasteiger charge is -2.45.